The van der Waals surface area contributed by atoms with Crippen molar-refractivity contribution in [3.8, 4) is 5.75 Å². The minimum atomic E-state index is -3.95. The van der Waals surface area contributed by atoms with Gasteiger partial charge in [0.05, 0.1) is 17.5 Å². The van der Waals surface area contributed by atoms with Crippen molar-refractivity contribution >= 4 is 33.2 Å². The molecule has 1 amide bonds. The maximum absolute atomic E-state index is 13.7. The molecule has 6 atom stereocenters. The van der Waals surface area contributed by atoms with Gasteiger partial charge in [-0.25, -0.2) is 13.1 Å². The molecule has 288 valence electrons. The van der Waals surface area contributed by atoms with Gasteiger partial charge >= 0.3 is 0 Å². The molecule has 9 nitrogen and oxygen atoms in total. The molecule has 2 aromatic carbocycles. The summed E-state index contributed by atoms with van der Waals surface area (Å²) in [5.41, 5.74) is 3.36. The van der Waals surface area contributed by atoms with Gasteiger partial charge in [-0.15, -0.1) is 0 Å². The van der Waals surface area contributed by atoms with Gasteiger partial charge in [0.25, 0.3) is 5.91 Å². The fourth-order valence-electron chi connectivity index (χ4n) is 10.6. The largest absolute Gasteiger partial charge is 0.490 e. The van der Waals surface area contributed by atoms with Gasteiger partial charge < -0.3 is 14.4 Å². The molecule has 2 bridgehead atoms. The zero-order chi connectivity index (χ0) is 37.3. The normalized spacial score (nSPS) is 34.5. The average molecular weight is 765 g/mol. The van der Waals surface area contributed by atoms with E-state index in [0.29, 0.717) is 36.0 Å². The number of allylic oxidation sites excluding steroid dienone is 1. The monoisotopic (exact) mass is 764 g/mol. The molecule has 6 aliphatic rings. The second-order valence-electron chi connectivity index (χ2n) is 17.8. The van der Waals surface area contributed by atoms with Crippen LogP contribution in [-0.2, 0) is 26.6 Å². The highest BCUT2D eigenvalue weighted by Crippen LogP contribution is 2.50. The average Bonchev–Trinajstić information content (AvgIpc) is 3.22. The maximum Gasteiger partial charge on any atom is 0.264 e. The van der Waals surface area contributed by atoms with Crippen molar-refractivity contribution < 1.29 is 22.7 Å². The van der Waals surface area contributed by atoms with Crippen LogP contribution in [0.25, 0.3) is 0 Å². The van der Waals surface area contributed by atoms with E-state index < -0.39 is 26.8 Å². The van der Waals surface area contributed by atoms with Crippen LogP contribution in [-0.4, -0.2) is 101 Å². The number of hydrogen-bond acceptors (Lipinski definition) is 8. The zero-order valence-corrected chi connectivity index (χ0v) is 33.6. The van der Waals surface area contributed by atoms with Crippen LogP contribution in [0.4, 0.5) is 5.69 Å². The highest BCUT2D eigenvalue weighted by atomic mass is 35.5. The number of ether oxygens (including phenoxy) is 2. The molecule has 3 fully saturated rings. The fraction of sp³-hybridized carbons (Fsp3) is 0.643. The van der Waals surface area contributed by atoms with Crippen molar-refractivity contribution in [3.63, 3.8) is 0 Å². The highest BCUT2D eigenvalue weighted by molar-refractivity contribution is 7.90. The summed E-state index contributed by atoms with van der Waals surface area (Å²) in [5.74, 6) is 0.544. The van der Waals surface area contributed by atoms with Crippen LogP contribution in [0.2, 0.25) is 5.02 Å². The predicted molar refractivity (Wildman–Crippen MR) is 211 cm³/mol. The van der Waals surface area contributed by atoms with Gasteiger partial charge in [-0.05, 0) is 119 Å². The summed E-state index contributed by atoms with van der Waals surface area (Å²) < 4.78 is 43.0. The van der Waals surface area contributed by atoms with E-state index in [-0.39, 0.29) is 17.3 Å². The minimum absolute atomic E-state index is 0.208. The lowest BCUT2D eigenvalue weighted by atomic mass is 9.62. The van der Waals surface area contributed by atoms with Crippen molar-refractivity contribution in [2.45, 2.75) is 88.5 Å². The van der Waals surface area contributed by atoms with E-state index in [1.807, 2.05) is 32.2 Å². The Morgan fingerprint density at radius 1 is 1.06 bits per heavy atom. The lowest BCUT2D eigenvalue weighted by Gasteiger charge is -2.63. The maximum atomic E-state index is 13.7. The van der Waals surface area contributed by atoms with Crippen LogP contribution in [0, 0.1) is 23.2 Å². The van der Waals surface area contributed by atoms with Crippen LogP contribution < -0.4 is 14.4 Å². The van der Waals surface area contributed by atoms with Crippen LogP contribution >= 0.6 is 11.6 Å². The number of amides is 1. The van der Waals surface area contributed by atoms with E-state index in [0.717, 1.165) is 81.3 Å². The second kappa shape index (κ2) is 13.8. The van der Waals surface area contributed by atoms with Crippen molar-refractivity contribution in [2.75, 3.05) is 64.4 Å². The molecule has 4 aliphatic heterocycles. The number of anilines is 1. The second-order valence-corrected chi connectivity index (χ2v) is 20.3. The molecule has 2 aliphatic carbocycles. The molecular weight excluding hydrogens is 708 g/mol. The topological polar surface area (TPSA) is 91.4 Å². The van der Waals surface area contributed by atoms with E-state index in [9.17, 15) is 13.2 Å². The van der Waals surface area contributed by atoms with Gasteiger partial charge in [0.15, 0.2) is 0 Å². The van der Waals surface area contributed by atoms with Crippen molar-refractivity contribution in [2.24, 2.45) is 23.2 Å². The number of hydrogen-bond donors (Lipinski definition) is 1. The van der Waals surface area contributed by atoms with Crippen molar-refractivity contribution in [3.05, 3.63) is 70.3 Å². The Morgan fingerprint density at radius 3 is 2.57 bits per heavy atom. The van der Waals surface area contributed by atoms with E-state index in [1.165, 1.54) is 24.2 Å². The summed E-state index contributed by atoms with van der Waals surface area (Å²) in [6, 6.07) is 12.3. The van der Waals surface area contributed by atoms with Crippen molar-refractivity contribution in [1.82, 2.24) is 14.5 Å². The molecule has 8 rings (SSSR count). The van der Waals surface area contributed by atoms with Gasteiger partial charge in [-0.2, -0.15) is 0 Å². The number of carbonyl (C=O) groups excluding carboxylic acids is 1. The zero-order valence-electron chi connectivity index (χ0n) is 32.1. The predicted octanol–water partition coefficient (Wildman–Crippen LogP) is 6.29. The van der Waals surface area contributed by atoms with Gasteiger partial charge in [0.2, 0.25) is 10.0 Å². The Hall–Kier alpha value is -2.63. The molecular formula is C42H57ClN4O5S. The van der Waals surface area contributed by atoms with Gasteiger partial charge in [-0.1, -0.05) is 36.7 Å². The van der Waals surface area contributed by atoms with E-state index in [4.69, 9.17) is 21.1 Å². The first-order valence-electron chi connectivity index (χ1n) is 19.8. The molecule has 11 heteroatoms. The Balaban J connectivity index is 1.16. The lowest BCUT2D eigenvalue weighted by Crippen LogP contribution is -2.74. The fourth-order valence-corrected chi connectivity index (χ4v) is 12.0. The third kappa shape index (κ3) is 6.72. The number of nitrogens with zero attached hydrogens (tertiary/aromatic N) is 3. The number of fused-ring (bicyclic) bond motifs is 4. The van der Waals surface area contributed by atoms with E-state index in [2.05, 4.69) is 57.6 Å². The summed E-state index contributed by atoms with van der Waals surface area (Å²) in [4.78, 5) is 21.3. The third-order valence-electron chi connectivity index (χ3n) is 14.0. The number of halogens is 1. The number of nitrogens with one attached hydrogen (secondary N) is 1. The first kappa shape index (κ1) is 37.3. The molecule has 0 unspecified atom stereocenters. The van der Waals surface area contributed by atoms with Crippen LogP contribution in [0.5, 0.6) is 5.75 Å². The number of aryl methyl sites for hydroxylation is 1. The molecule has 1 N–H and O–H groups in total. The summed E-state index contributed by atoms with van der Waals surface area (Å²) in [5, 5.41) is -0.0162. The van der Waals surface area contributed by atoms with Crippen molar-refractivity contribution in [1.29, 1.82) is 0 Å². The van der Waals surface area contributed by atoms with E-state index in [1.54, 1.807) is 13.0 Å². The molecule has 1 saturated carbocycles. The summed E-state index contributed by atoms with van der Waals surface area (Å²) in [6.07, 6.45) is 10.2. The standard InChI is InChI=1S/C42H57ClN4O5S/c1-28(2)47-23-40(24-47)21-45(22-40)26-42(51-5)17-6-8-29(3)30(4)53(49,50)44-39(48)32-11-15-38-37(19-32)46(20-33-10-13-36(33)42)25-41(27-52-38)16-7-9-31-18-34(43)12-14-35(31)41/h6,11-12,14-15,17-19,28-30,33,36H,7-10,13,16,20-27H2,1-5H3,(H,44,48)/b17-6+/t29-,30+,33-,36+,41-,42-/m0/s1. The molecule has 4 heterocycles. The summed E-state index contributed by atoms with van der Waals surface area (Å²) in [7, 11) is -2.08. The van der Waals surface area contributed by atoms with Crippen LogP contribution in [0.3, 0.4) is 0 Å². The van der Waals surface area contributed by atoms with E-state index >= 15 is 0 Å². The van der Waals surface area contributed by atoms with Crippen LogP contribution in [0.15, 0.2) is 48.6 Å². The van der Waals surface area contributed by atoms with Gasteiger partial charge in [-0.3, -0.25) is 14.6 Å². The molecule has 0 aromatic heterocycles. The number of methoxy groups -OCH3 is 1. The SMILES string of the molecule is CO[C@]1(CN2CC3(C2)CN(C(C)C)C3)/C=C/C[C@H](C)[C@@H](C)S(=O)(=O)NC(=O)c2ccc3c(c2)N(C[C@@H]2CC[C@H]21)C[C@@]1(CCCc2cc(Cl)ccc21)CO3. The lowest BCUT2D eigenvalue weighted by molar-refractivity contribution is -0.161. The number of likely N-dealkylation sites (tertiary alicyclic amines) is 2. The molecule has 2 saturated heterocycles. The Kier molecular flexibility index (Phi) is 9.74. The first-order valence-corrected chi connectivity index (χ1v) is 21.7. The van der Waals surface area contributed by atoms with Crippen LogP contribution in [0.1, 0.15) is 81.3 Å². The smallest absolute Gasteiger partial charge is 0.264 e. The van der Waals surface area contributed by atoms with Gasteiger partial charge in [0, 0.05) is 80.4 Å². The Morgan fingerprint density at radius 2 is 1.85 bits per heavy atom. The Labute approximate surface area is 321 Å². The quantitative estimate of drug-likeness (QED) is 0.364. The number of benzene rings is 2. The summed E-state index contributed by atoms with van der Waals surface area (Å²) >= 11 is 6.51. The molecule has 2 spiro atoms. The number of sulfonamides is 1. The number of rotatable bonds is 4. The minimum Gasteiger partial charge on any atom is -0.490 e. The molecule has 53 heavy (non-hydrogen) atoms. The third-order valence-corrected chi connectivity index (χ3v) is 16.2. The first-order chi connectivity index (χ1) is 25.2. The summed E-state index contributed by atoms with van der Waals surface area (Å²) in [6.45, 7) is 15.6. The highest BCUT2D eigenvalue weighted by Gasteiger charge is 2.56. The molecule has 2 aromatic rings. The Bertz CT molecular complexity index is 1870. The van der Waals surface area contributed by atoms with Gasteiger partial charge in [0.1, 0.15) is 11.4 Å². The number of carbonyl (C=O) groups is 1. The molecule has 0 radical (unpaired) electrons.